The number of benzene rings is 1. The van der Waals surface area contributed by atoms with Crippen LogP contribution in [0.5, 0.6) is 5.75 Å². The van der Waals surface area contributed by atoms with E-state index in [1.165, 1.54) is 0 Å². The van der Waals surface area contributed by atoms with E-state index in [2.05, 4.69) is 20.9 Å². The van der Waals surface area contributed by atoms with E-state index in [0.717, 1.165) is 10.7 Å². The van der Waals surface area contributed by atoms with Crippen molar-refractivity contribution in [3.05, 3.63) is 46.6 Å². The second kappa shape index (κ2) is 5.01. The topological polar surface area (TPSA) is 72.6 Å². The van der Waals surface area contributed by atoms with Crippen molar-refractivity contribution in [3.63, 3.8) is 0 Å². The van der Waals surface area contributed by atoms with Crippen molar-refractivity contribution in [3.8, 4) is 5.75 Å². The van der Waals surface area contributed by atoms with Crippen LogP contribution in [0, 0.1) is 0 Å². The maximum atomic E-state index is 10.6. The van der Waals surface area contributed by atoms with Crippen molar-refractivity contribution in [1.82, 2.24) is 4.98 Å². The van der Waals surface area contributed by atoms with Gasteiger partial charge in [0.15, 0.2) is 12.3 Å². The number of carboxylic acid groups (broad SMARTS) is 1. The van der Waals surface area contributed by atoms with E-state index in [4.69, 9.17) is 14.3 Å². The van der Waals surface area contributed by atoms with Gasteiger partial charge in [-0.05, 0) is 18.2 Å². The summed E-state index contributed by atoms with van der Waals surface area (Å²) in [4.78, 5) is 14.3. The first-order valence-electron chi connectivity index (χ1n) is 4.71. The molecule has 1 aromatic heterocycles. The lowest BCUT2D eigenvalue weighted by Gasteiger charge is -2.02. The van der Waals surface area contributed by atoms with Gasteiger partial charge in [0.1, 0.15) is 12.0 Å². The van der Waals surface area contributed by atoms with Gasteiger partial charge in [-0.25, -0.2) is 9.78 Å². The van der Waals surface area contributed by atoms with Crippen LogP contribution in [0.1, 0.15) is 16.4 Å². The van der Waals surface area contributed by atoms with Gasteiger partial charge in [0, 0.05) is 4.47 Å². The molecule has 5 nitrogen and oxygen atoms in total. The molecule has 0 unspecified atom stereocenters. The van der Waals surface area contributed by atoms with Gasteiger partial charge in [-0.15, -0.1) is 0 Å². The monoisotopic (exact) mass is 297 g/mol. The number of halogens is 1. The lowest BCUT2D eigenvalue weighted by molar-refractivity contribution is 0.0690. The van der Waals surface area contributed by atoms with Crippen LogP contribution < -0.4 is 4.74 Å². The summed E-state index contributed by atoms with van der Waals surface area (Å²) in [5, 5.41) is 8.65. The second-order valence-electron chi connectivity index (χ2n) is 3.18. The van der Waals surface area contributed by atoms with E-state index in [-0.39, 0.29) is 18.2 Å². The molecule has 0 atom stereocenters. The highest BCUT2D eigenvalue weighted by atomic mass is 79.9. The van der Waals surface area contributed by atoms with Crippen LogP contribution >= 0.6 is 15.9 Å². The van der Waals surface area contributed by atoms with Crippen molar-refractivity contribution < 1.29 is 19.1 Å². The van der Waals surface area contributed by atoms with Crippen molar-refractivity contribution >= 4 is 21.9 Å². The predicted molar refractivity (Wildman–Crippen MR) is 61.9 cm³/mol. The Morgan fingerprint density at radius 3 is 3.00 bits per heavy atom. The van der Waals surface area contributed by atoms with E-state index in [0.29, 0.717) is 5.75 Å². The molecule has 0 aliphatic carbocycles. The Morgan fingerprint density at radius 1 is 1.53 bits per heavy atom. The minimum Gasteiger partial charge on any atom is -0.484 e. The van der Waals surface area contributed by atoms with Crippen LogP contribution in [-0.4, -0.2) is 16.1 Å². The van der Waals surface area contributed by atoms with Crippen LogP contribution in [0.2, 0.25) is 0 Å². The van der Waals surface area contributed by atoms with Gasteiger partial charge in [0.25, 0.3) is 0 Å². The Labute approximate surface area is 105 Å². The van der Waals surface area contributed by atoms with Crippen molar-refractivity contribution in [2.45, 2.75) is 6.61 Å². The molecule has 1 heterocycles. The van der Waals surface area contributed by atoms with Gasteiger partial charge in [-0.1, -0.05) is 22.0 Å². The number of hydrogen-bond donors (Lipinski definition) is 1. The minimum atomic E-state index is -1.12. The summed E-state index contributed by atoms with van der Waals surface area (Å²) in [5.74, 6) is -0.251. The van der Waals surface area contributed by atoms with Crippen molar-refractivity contribution in [2.24, 2.45) is 0 Å². The summed E-state index contributed by atoms with van der Waals surface area (Å²) in [6.45, 7) is 0.0870. The smallest absolute Gasteiger partial charge is 0.357 e. The highest BCUT2D eigenvalue weighted by Gasteiger charge is 2.10. The van der Waals surface area contributed by atoms with E-state index in [9.17, 15) is 4.79 Å². The van der Waals surface area contributed by atoms with Gasteiger partial charge in [-0.3, -0.25) is 0 Å². The van der Waals surface area contributed by atoms with E-state index < -0.39 is 5.97 Å². The number of hydrogen-bond acceptors (Lipinski definition) is 4. The molecule has 2 aromatic rings. The number of carboxylic acids is 1. The van der Waals surface area contributed by atoms with Gasteiger partial charge >= 0.3 is 5.97 Å². The third-order valence-electron chi connectivity index (χ3n) is 1.93. The summed E-state index contributed by atoms with van der Waals surface area (Å²) in [6.07, 6.45) is 1.09. The molecule has 2 rings (SSSR count). The zero-order valence-electron chi connectivity index (χ0n) is 8.59. The van der Waals surface area contributed by atoms with E-state index in [1.54, 1.807) is 12.1 Å². The molecule has 0 spiro atoms. The number of nitrogens with zero attached hydrogens (tertiary/aromatic N) is 1. The Balaban J connectivity index is 2.00. The standard InChI is InChI=1S/C11H8BrNO4/c12-7-2-1-3-8(4-7)16-6-10-13-9(5-17-10)11(14)15/h1-5H,6H2,(H,14,15). The van der Waals surface area contributed by atoms with Gasteiger partial charge < -0.3 is 14.3 Å². The molecule has 1 aromatic carbocycles. The summed E-state index contributed by atoms with van der Waals surface area (Å²) >= 11 is 3.31. The van der Waals surface area contributed by atoms with Crippen molar-refractivity contribution in [2.75, 3.05) is 0 Å². The van der Waals surface area contributed by atoms with Crippen molar-refractivity contribution in [1.29, 1.82) is 0 Å². The van der Waals surface area contributed by atoms with E-state index in [1.807, 2.05) is 12.1 Å². The summed E-state index contributed by atoms with van der Waals surface area (Å²) in [6, 6.07) is 7.28. The number of rotatable bonds is 4. The van der Waals surface area contributed by atoms with Crippen LogP contribution in [-0.2, 0) is 6.61 Å². The zero-order valence-corrected chi connectivity index (χ0v) is 10.2. The lowest BCUT2D eigenvalue weighted by Crippen LogP contribution is -1.99. The van der Waals surface area contributed by atoms with Gasteiger partial charge in [0.05, 0.1) is 0 Å². The third kappa shape index (κ3) is 3.07. The van der Waals surface area contributed by atoms with Crippen LogP contribution in [0.25, 0.3) is 0 Å². The fourth-order valence-corrected chi connectivity index (χ4v) is 1.56. The largest absolute Gasteiger partial charge is 0.484 e. The first-order chi connectivity index (χ1) is 8.15. The predicted octanol–water partition coefficient (Wildman–Crippen LogP) is 2.71. The summed E-state index contributed by atoms with van der Waals surface area (Å²) in [5.41, 5.74) is -0.127. The summed E-state index contributed by atoms with van der Waals surface area (Å²) in [7, 11) is 0. The maximum absolute atomic E-state index is 10.6. The maximum Gasteiger partial charge on any atom is 0.357 e. The average molecular weight is 298 g/mol. The average Bonchev–Trinajstić information content (AvgIpc) is 2.75. The highest BCUT2D eigenvalue weighted by Crippen LogP contribution is 2.18. The van der Waals surface area contributed by atoms with Gasteiger partial charge in [0.2, 0.25) is 5.89 Å². The fourth-order valence-electron chi connectivity index (χ4n) is 1.18. The molecule has 88 valence electrons. The Bertz CT molecular complexity index is 538. The summed E-state index contributed by atoms with van der Waals surface area (Å²) < 4.78 is 11.2. The zero-order chi connectivity index (χ0) is 12.3. The quantitative estimate of drug-likeness (QED) is 0.939. The molecular formula is C11H8BrNO4. The Kier molecular flexibility index (Phi) is 3.43. The molecular weight excluding hydrogens is 290 g/mol. The van der Waals surface area contributed by atoms with Crippen LogP contribution in [0.4, 0.5) is 0 Å². The molecule has 0 bridgehead atoms. The number of ether oxygens (including phenoxy) is 1. The highest BCUT2D eigenvalue weighted by molar-refractivity contribution is 9.10. The normalized spacial score (nSPS) is 10.2. The number of oxazole rings is 1. The van der Waals surface area contributed by atoms with Crippen LogP contribution in [0.15, 0.2) is 39.4 Å². The SMILES string of the molecule is O=C(O)c1coc(COc2cccc(Br)c2)n1. The number of aromatic nitrogens is 1. The number of carbonyl (C=O) groups is 1. The molecule has 0 fully saturated rings. The first-order valence-corrected chi connectivity index (χ1v) is 5.50. The van der Waals surface area contributed by atoms with E-state index >= 15 is 0 Å². The molecule has 0 saturated carbocycles. The van der Waals surface area contributed by atoms with Gasteiger partial charge in [-0.2, -0.15) is 0 Å². The Hall–Kier alpha value is -1.82. The second-order valence-corrected chi connectivity index (χ2v) is 4.09. The molecule has 0 aliphatic heterocycles. The number of aromatic carboxylic acids is 1. The molecule has 6 heteroatoms. The molecule has 17 heavy (non-hydrogen) atoms. The molecule has 0 saturated heterocycles. The molecule has 1 N–H and O–H groups in total. The molecule has 0 radical (unpaired) electrons. The molecule has 0 amide bonds. The van der Waals surface area contributed by atoms with Crippen LogP contribution in [0.3, 0.4) is 0 Å². The first kappa shape index (κ1) is 11.7. The Morgan fingerprint density at radius 2 is 2.35 bits per heavy atom. The fraction of sp³-hybridized carbons (Fsp3) is 0.0909. The minimum absolute atomic E-state index is 0.0870. The lowest BCUT2D eigenvalue weighted by atomic mass is 10.3. The molecule has 0 aliphatic rings. The third-order valence-corrected chi connectivity index (χ3v) is 2.42.